The van der Waals surface area contributed by atoms with Gasteiger partial charge in [-0.05, 0) is 19.1 Å². The molecule has 0 radical (unpaired) electrons. The Hall–Kier alpha value is -1.79. The molecule has 2 rings (SSSR count). The molecule has 5 nitrogen and oxygen atoms in total. The highest BCUT2D eigenvalue weighted by Gasteiger charge is 2.08. The minimum Gasteiger partial charge on any atom is -0.354 e. The molecule has 0 aliphatic carbocycles. The summed E-state index contributed by atoms with van der Waals surface area (Å²) in [5.74, 6) is -0.137. The maximum atomic E-state index is 11.3. The van der Waals surface area contributed by atoms with Crippen LogP contribution in [-0.4, -0.2) is 28.5 Å². The zero-order chi connectivity index (χ0) is 13.7. The van der Waals surface area contributed by atoms with Gasteiger partial charge in [0.05, 0.1) is 22.4 Å². The highest BCUT2D eigenvalue weighted by Crippen LogP contribution is 2.19. The van der Waals surface area contributed by atoms with Crippen molar-refractivity contribution in [3.8, 4) is 11.4 Å². The van der Waals surface area contributed by atoms with Gasteiger partial charge >= 0.3 is 0 Å². The average Bonchev–Trinajstić information content (AvgIpc) is 2.88. The Kier molecular flexibility index (Phi) is 4.59. The maximum Gasteiger partial charge on any atom is 0.236 e. The van der Waals surface area contributed by atoms with Crippen molar-refractivity contribution < 1.29 is 4.79 Å². The first-order valence-corrected chi connectivity index (χ1v) is 6.94. The van der Waals surface area contributed by atoms with Crippen molar-refractivity contribution in [3.63, 3.8) is 0 Å². The third-order valence-electron chi connectivity index (χ3n) is 2.53. The summed E-state index contributed by atoms with van der Waals surface area (Å²) in [6.07, 6.45) is 2.45. The zero-order valence-electron chi connectivity index (χ0n) is 10.7. The smallest absolute Gasteiger partial charge is 0.236 e. The van der Waals surface area contributed by atoms with Crippen molar-refractivity contribution >= 4 is 17.2 Å². The lowest BCUT2D eigenvalue weighted by Crippen LogP contribution is -2.39. The Morgan fingerprint density at radius 3 is 3.00 bits per heavy atom. The third kappa shape index (κ3) is 3.84. The van der Waals surface area contributed by atoms with Gasteiger partial charge in [0.25, 0.3) is 0 Å². The number of carbonyl (C=O) groups excluding carboxylic acids is 1. The molecule has 19 heavy (non-hydrogen) atoms. The molecular weight excluding hydrogens is 260 g/mol. The fraction of sp³-hybridized carbons (Fsp3) is 0.308. The number of pyridine rings is 1. The molecule has 0 aromatic carbocycles. The number of carbonyl (C=O) groups is 1. The highest BCUT2D eigenvalue weighted by atomic mass is 32.1. The monoisotopic (exact) mass is 276 g/mol. The van der Waals surface area contributed by atoms with E-state index in [4.69, 9.17) is 5.73 Å². The highest BCUT2D eigenvalue weighted by molar-refractivity contribution is 7.09. The van der Waals surface area contributed by atoms with Crippen molar-refractivity contribution in [2.24, 2.45) is 5.73 Å². The van der Waals surface area contributed by atoms with Crippen LogP contribution in [0.25, 0.3) is 11.4 Å². The predicted octanol–water partition coefficient (Wildman–Crippen LogP) is 1.21. The molecular formula is C13H16N4OS. The van der Waals surface area contributed by atoms with Crippen LogP contribution in [0.15, 0.2) is 29.8 Å². The minimum atomic E-state index is -0.472. The molecule has 0 saturated heterocycles. The van der Waals surface area contributed by atoms with Crippen LogP contribution in [-0.2, 0) is 11.2 Å². The van der Waals surface area contributed by atoms with E-state index in [-0.39, 0.29) is 5.91 Å². The largest absolute Gasteiger partial charge is 0.354 e. The van der Waals surface area contributed by atoms with Crippen LogP contribution in [0.5, 0.6) is 0 Å². The molecule has 0 aliphatic heterocycles. The molecule has 0 fully saturated rings. The van der Waals surface area contributed by atoms with E-state index in [0.29, 0.717) is 13.0 Å². The van der Waals surface area contributed by atoms with Crippen molar-refractivity contribution in [1.29, 1.82) is 0 Å². The molecule has 0 bridgehead atoms. The average molecular weight is 276 g/mol. The van der Waals surface area contributed by atoms with Gasteiger partial charge in [-0.3, -0.25) is 9.78 Å². The third-order valence-corrected chi connectivity index (χ3v) is 3.44. The number of thiazole rings is 1. The first-order valence-electron chi connectivity index (χ1n) is 6.06. The standard InChI is InChI=1S/C13H16N4OS/c1-9(14)13(18)16-7-5-12-17-11(8-19-12)10-4-2-3-6-15-10/h2-4,6,8-9H,5,7,14H2,1H3,(H,16,18). The SMILES string of the molecule is CC(N)C(=O)NCCc1nc(-c2ccccn2)cs1. The van der Waals surface area contributed by atoms with Gasteiger partial charge in [-0.1, -0.05) is 6.07 Å². The second-order valence-corrected chi connectivity index (χ2v) is 5.11. The van der Waals surface area contributed by atoms with E-state index in [1.54, 1.807) is 24.5 Å². The van der Waals surface area contributed by atoms with Crippen LogP contribution in [0.1, 0.15) is 11.9 Å². The molecule has 1 atom stereocenters. The quantitative estimate of drug-likeness (QED) is 0.860. The first-order chi connectivity index (χ1) is 9.16. The van der Waals surface area contributed by atoms with Gasteiger partial charge in [-0.25, -0.2) is 4.98 Å². The number of nitrogens with zero attached hydrogens (tertiary/aromatic N) is 2. The van der Waals surface area contributed by atoms with Gasteiger partial charge in [0, 0.05) is 24.5 Å². The van der Waals surface area contributed by atoms with E-state index < -0.39 is 6.04 Å². The Morgan fingerprint density at radius 2 is 2.32 bits per heavy atom. The minimum absolute atomic E-state index is 0.137. The maximum absolute atomic E-state index is 11.3. The van der Waals surface area contributed by atoms with Crippen molar-refractivity contribution in [2.75, 3.05) is 6.54 Å². The van der Waals surface area contributed by atoms with E-state index in [1.165, 1.54) is 0 Å². The van der Waals surface area contributed by atoms with E-state index in [2.05, 4.69) is 15.3 Å². The molecule has 2 aromatic heterocycles. The summed E-state index contributed by atoms with van der Waals surface area (Å²) >= 11 is 1.57. The van der Waals surface area contributed by atoms with Gasteiger partial charge in [-0.15, -0.1) is 11.3 Å². The summed E-state index contributed by atoms with van der Waals surface area (Å²) in [6.45, 7) is 2.22. The van der Waals surface area contributed by atoms with Gasteiger partial charge in [0.15, 0.2) is 0 Å². The molecule has 2 heterocycles. The van der Waals surface area contributed by atoms with Crippen LogP contribution in [0.4, 0.5) is 0 Å². The van der Waals surface area contributed by atoms with E-state index >= 15 is 0 Å². The van der Waals surface area contributed by atoms with Crippen LogP contribution in [0.3, 0.4) is 0 Å². The summed E-state index contributed by atoms with van der Waals surface area (Å²) in [7, 11) is 0. The summed E-state index contributed by atoms with van der Waals surface area (Å²) in [5, 5.41) is 5.72. The van der Waals surface area contributed by atoms with Crippen LogP contribution in [0.2, 0.25) is 0 Å². The topological polar surface area (TPSA) is 80.9 Å². The van der Waals surface area contributed by atoms with Crippen LogP contribution < -0.4 is 11.1 Å². The van der Waals surface area contributed by atoms with Crippen LogP contribution in [0, 0.1) is 0 Å². The summed E-state index contributed by atoms with van der Waals surface area (Å²) in [6, 6.07) is 5.27. The molecule has 100 valence electrons. The fourth-order valence-corrected chi connectivity index (χ4v) is 2.30. The van der Waals surface area contributed by atoms with Gasteiger partial charge in [0.2, 0.25) is 5.91 Å². The number of rotatable bonds is 5. The second kappa shape index (κ2) is 6.40. The zero-order valence-corrected chi connectivity index (χ0v) is 11.5. The number of nitrogens with two attached hydrogens (primary N) is 1. The molecule has 6 heteroatoms. The van der Waals surface area contributed by atoms with Gasteiger partial charge in [0.1, 0.15) is 0 Å². The van der Waals surface area contributed by atoms with Crippen molar-refractivity contribution in [3.05, 3.63) is 34.8 Å². The number of hydrogen-bond donors (Lipinski definition) is 2. The molecule has 1 amide bonds. The summed E-state index contributed by atoms with van der Waals surface area (Å²) in [5.41, 5.74) is 7.20. The fourth-order valence-electron chi connectivity index (χ4n) is 1.51. The van der Waals surface area contributed by atoms with Crippen molar-refractivity contribution in [2.45, 2.75) is 19.4 Å². The van der Waals surface area contributed by atoms with Crippen LogP contribution >= 0.6 is 11.3 Å². The molecule has 0 aliphatic rings. The van der Waals surface area contributed by atoms with E-state index in [0.717, 1.165) is 16.4 Å². The Morgan fingerprint density at radius 1 is 1.47 bits per heavy atom. The molecule has 0 spiro atoms. The number of hydrogen-bond acceptors (Lipinski definition) is 5. The Bertz CT molecular complexity index is 539. The van der Waals surface area contributed by atoms with Gasteiger partial charge in [-0.2, -0.15) is 0 Å². The molecule has 2 aromatic rings. The molecule has 1 unspecified atom stereocenters. The van der Waals surface area contributed by atoms with Crippen molar-refractivity contribution in [1.82, 2.24) is 15.3 Å². The molecule has 0 saturated carbocycles. The normalized spacial score (nSPS) is 12.1. The lowest BCUT2D eigenvalue weighted by Gasteiger charge is -2.05. The Labute approximate surface area is 115 Å². The summed E-state index contributed by atoms with van der Waals surface area (Å²) < 4.78 is 0. The number of aromatic nitrogens is 2. The first kappa shape index (κ1) is 13.6. The number of amides is 1. The van der Waals surface area contributed by atoms with E-state index in [1.807, 2.05) is 23.6 Å². The lowest BCUT2D eigenvalue weighted by atomic mass is 10.3. The summed E-state index contributed by atoms with van der Waals surface area (Å²) in [4.78, 5) is 20.0. The lowest BCUT2D eigenvalue weighted by molar-refractivity contribution is -0.121. The number of nitrogens with one attached hydrogen (secondary N) is 1. The Balaban J connectivity index is 1.90. The van der Waals surface area contributed by atoms with Gasteiger partial charge < -0.3 is 11.1 Å². The van der Waals surface area contributed by atoms with E-state index in [9.17, 15) is 4.79 Å². The molecule has 3 N–H and O–H groups in total. The second-order valence-electron chi connectivity index (χ2n) is 4.17. The predicted molar refractivity (Wildman–Crippen MR) is 75.7 cm³/mol.